The van der Waals surface area contributed by atoms with Gasteiger partial charge in [-0.25, -0.2) is 28.3 Å². The van der Waals surface area contributed by atoms with E-state index in [1.165, 1.54) is 19.5 Å². The molecule has 1 amide bonds. The highest BCUT2D eigenvalue weighted by Crippen LogP contribution is 2.34. The van der Waals surface area contributed by atoms with Crippen LogP contribution in [-0.4, -0.2) is 41.5 Å². The lowest BCUT2D eigenvalue weighted by Crippen LogP contribution is -2.18. The number of halogens is 2. The second-order valence-electron chi connectivity index (χ2n) is 5.90. The number of fused-ring (bicyclic) bond motifs is 1. The van der Waals surface area contributed by atoms with Crippen molar-refractivity contribution in [2.45, 2.75) is 13.3 Å². The Hall–Kier alpha value is -2.61. The van der Waals surface area contributed by atoms with Crippen molar-refractivity contribution >= 4 is 66.5 Å². The minimum Gasteiger partial charge on any atom is -0.317 e. The molecule has 30 heavy (non-hydrogen) atoms. The van der Waals surface area contributed by atoms with Crippen molar-refractivity contribution in [1.29, 1.82) is 0 Å². The smallest absolute Gasteiger partial charge is 0.277 e. The molecule has 3 N–H and O–H groups in total. The minimum absolute atomic E-state index is 0.0566. The lowest BCUT2D eigenvalue weighted by atomic mass is 10.2. The summed E-state index contributed by atoms with van der Waals surface area (Å²) in [5, 5.41) is 2.04. The number of anilines is 3. The van der Waals surface area contributed by atoms with E-state index in [4.69, 9.17) is 16.4 Å². The molecule has 10 nitrogen and oxygen atoms in total. The predicted molar refractivity (Wildman–Crippen MR) is 113 cm³/mol. The van der Waals surface area contributed by atoms with E-state index in [9.17, 15) is 17.6 Å². The molecule has 0 radical (unpaired) electrons. The number of amides is 1. The first-order valence-electron chi connectivity index (χ1n) is 8.46. The van der Waals surface area contributed by atoms with Crippen LogP contribution in [0.1, 0.15) is 23.8 Å². The third-order valence-corrected chi connectivity index (χ3v) is 6.45. The van der Waals surface area contributed by atoms with E-state index in [-0.39, 0.29) is 33.4 Å². The Kier molecular flexibility index (Phi) is 6.65. The molecular formula is C16H16ClFN6O4S2. The first-order chi connectivity index (χ1) is 14.3. The maximum Gasteiger partial charge on any atom is 0.277 e. The summed E-state index contributed by atoms with van der Waals surface area (Å²) in [6, 6.07) is 2.17. The molecule has 2 heterocycles. The normalized spacial score (nSPS) is 11.5. The molecule has 2 aromatic heterocycles. The molecule has 0 aliphatic carbocycles. The number of carbonyl (C=O) groups is 1. The van der Waals surface area contributed by atoms with Gasteiger partial charge in [0, 0.05) is 0 Å². The number of hydrogen-bond donors (Lipinski definition) is 3. The average molecular weight is 475 g/mol. The van der Waals surface area contributed by atoms with E-state index < -0.39 is 21.7 Å². The SMILES string of the molecule is CCCS(=O)(=O)Nc1ccc(F)c(NC(=O)c2nsc3c(NOC)ncnc23)c1Cl. The van der Waals surface area contributed by atoms with Gasteiger partial charge in [0.05, 0.1) is 29.3 Å². The third kappa shape index (κ3) is 4.59. The predicted octanol–water partition coefficient (Wildman–Crippen LogP) is 3.26. The molecule has 0 fully saturated rings. The molecule has 3 aromatic rings. The molecule has 0 atom stereocenters. The lowest BCUT2D eigenvalue weighted by molar-refractivity contribution is 0.102. The summed E-state index contributed by atoms with van der Waals surface area (Å²) in [6.07, 6.45) is 1.60. The summed E-state index contributed by atoms with van der Waals surface area (Å²) >= 11 is 7.11. The highest BCUT2D eigenvalue weighted by molar-refractivity contribution is 7.92. The monoisotopic (exact) mass is 474 g/mol. The number of nitrogens with one attached hydrogen (secondary N) is 3. The molecule has 0 aliphatic heterocycles. The van der Waals surface area contributed by atoms with Crippen LogP contribution in [0.15, 0.2) is 18.5 Å². The second-order valence-corrected chi connectivity index (χ2v) is 8.89. The zero-order chi connectivity index (χ0) is 21.9. The summed E-state index contributed by atoms with van der Waals surface area (Å²) in [7, 11) is -2.27. The second kappa shape index (κ2) is 9.04. The molecule has 14 heteroatoms. The molecule has 0 saturated heterocycles. The van der Waals surface area contributed by atoms with Gasteiger partial charge in [-0.05, 0) is 30.1 Å². The zero-order valence-electron chi connectivity index (χ0n) is 15.7. The van der Waals surface area contributed by atoms with Gasteiger partial charge >= 0.3 is 0 Å². The fourth-order valence-electron chi connectivity index (χ4n) is 2.49. The Bertz CT molecular complexity index is 1200. The van der Waals surface area contributed by atoms with Crippen LogP contribution in [0.2, 0.25) is 5.02 Å². The maximum atomic E-state index is 14.3. The quantitative estimate of drug-likeness (QED) is 0.423. The molecule has 3 rings (SSSR count). The maximum absolute atomic E-state index is 14.3. The van der Waals surface area contributed by atoms with Crippen LogP contribution < -0.4 is 15.5 Å². The molecule has 1 aromatic carbocycles. The van der Waals surface area contributed by atoms with E-state index in [1.54, 1.807) is 6.92 Å². The Balaban J connectivity index is 1.93. The summed E-state index contributed by atoms with van der Waals surface area (Å²) in [4.78, 5) is 25.6. The van der Waals surface area contributed by atoms with Crippen LogP contribution in [0.3, 0.4) is 0 Å². The van der Waals surface area contributed by atoms with E-state index in [1.807, 2.05) is 0 Å². The third-order valence-electron chi connectivity index (χ3n) is 3.74. The van der Waals surface area contributed by atoms with Crippen molar-refractivity contribution in [2.24, 2.45) is 0 Å². The van der Waals surface area contributed by atoms with E-state index in [0.29, 0.717) is 16.9 Å². The number of hydrogen-bond acceptors (Lipinski definition) is 9. The van der Waals surface area contributed by atoms with Crippen LogP contribution in [0.25, 0.3) is 10.2 Å². The van der Waals surface area contributed by atoms with Crippen LogP contribution in [0.5, 0.6) is 0 Å². The van der Waals surface area contributed by atoms with Crippen molar-refractivity contribution in [3.05, 3.63) is 35.0 Å². The molecule has 160 valence electrons. The average Bonchev–Trinajstić information content (AvgIpc) is 3.13. The van der Waals surface area contributed by atoms with Gasteiger partial charge in [0.2, 0.25) is 10.0 Å². The van der Waals surface area contributed by atoms with Gasteiger partial charge in [-0.2, -0.15) is 4.37 Å². The van der Waals surface area contributed by atoms with Gasteiger partial charge in [0.1, 0.15) is 22.4 Å². The number of aromatic nitrogens is 3. The van der Waals surface area contributed by atoms with Crippen LogP contribution in [-0.2, 0) is 14.9 Å². The highest BCUT2D eigenvalue weighted by atomic mass is 35.5. The number of rotatable bonds is 8. The molecular weight excluding hydrogens is 459 g/mol. The van der Waals surface area contributed by atoms with Gasteiger partial charge in [-0.3, -0.25) is 14.4 Å². The van der Waals surface area contributed by atoms with E-state index in [2.05, 4.69) is 29.9 Å². The van der Waals surface area contributed by atoms with Crippen LogP contribution in [0, 0.1) is 5.82 Å². The first-order valence-corrected chi connectivity index (χ1v) is 11.3. The van der Waals surface area contributed by atoms with Crippen molar-refractivity contribution < 1.29 is 22.4 Å². The van der Waals surface area contributed by atoms with Gasteiger partial charge < -0.3 is 5.32 Å². The van der Waals surface area contributed by atoms with Crippen LogP contribution >= 0.6 is 23.1 Å². The van der Waals surface area contributed by atoms with Gasteiger partial charge in [0.15, 0.2) is 11.5 Å². The number of benzene rings is 1. The van der Waals surface area contributed by atoms with Crippen molar-refractivity contribution in [2.75, 3.05) is 28.4 Å². The van der Waals surface area contributed by atoms with Crippen molar-refractivity contribution in [3.8, 4) is 0 Å². The lowest BCUT2D eigenvalue weighted by Gasteiger charge is -2.13. The highest BCUT2D eigenvalue weighted by Gasteiger charge is 2.22. The Morgan fingerprint density at radius 2 is 2.10 bits per heavy atom. The summed E-state index contributed by atoms with van der Waals surface area (Å²) in [5.74, 6) is -1.44. The van der Waals surface area contributed by atoms with E-state index in [0.717, 1.165) is 17.6 Å². The topological polar surface area (TPSA) is 135 Å². The summed E-state index contributed by atoms with van der Waals surface area (Å²) < 4.78 is 45.1. The van der Waals surface area contributed by atoms with Crippen molar-refractivity contribution in [3.63, 3.8) is 0 Å². The number of carbonyl (C=O) groups excluding carboxylic acids is 1. The Morgan fingerprint density at radius 3 is 2.80 bits per heavy atom. The largest absolute Gasteiger partial charge is 0.317 e. The van der Waals surface area contributed by atoms with Gasteiger partial charge in [-0.15, -0.1) is 0 Å². The Labute approximate surface area is 180 Å². The summed E-state index contributed by atoms with van der Waals surface area (Å²) in [6.45, 7) is 1.70. The molecule has 0 unspecified atom stereocenters. The molecule has 0 saturated carbocycles. The summed E-state index contributed by atoms with van der Waals surface area (Å²) in [5.41, 5.74) is 2.26. The number of nitrogens with zero attached hydrogens (tertiary/aromatic N) is 3. The fraction of sp³-hybridized carbons (Fsp3) is 0.250. The fourth-order valence-corrected chi connectivity index (χ4v) is 4.70. The van der Waals surface area contributed by atoms with E-state index >= 15 is 0 Å². The van der Waals surface area contributed by atoms with Crippen molar-refractivity contribution in [1.82, 2.24) is 14.3 Å². The molecule has 0 spiro atoms. The van der Waals surface area contributed by atoms with Gasteiger partial charge in [0.25, 0.3) is 5.91 Å². The molecule has 0 bridgehead atoms. The van der Waals surface area contributed by atoms with Crippen LogP contribution in [0.4, 0.5) is 21.6 Å². The Morgan fingerprint density at radius 1 is 1.33 bits per heavy atom. The number of sulfonamides is 1. The van der Waals surface area contributed by atoms with Gasteiger partial charge in [-0.1, -0.05) is 18.5 Å². The molecule has 0 aliphatic rings. The standard InChI is InChI=1S/C16H16ClFN6O4S2/c1-3-6-30(26,27)24-9-5-4-8(18)11(10(9)17)21-16(25)13-12-14(29-23-13)15(22-28-2)20-7-19-12/h4-5,7,24H,3,6H2,1-2H3,(H,21,25)(H,19,20,22). The zero-order valence-corrected chi connectivity index (χ0v) is 18.1. The first kappa shape index (κ1) is 22.1. The minimum atomic E-state index is -3.66.